The van der Waals surface area contributed by atoms with Crippen LogP contribution in [0.5, 0.6) is 0 Å². The zero-order valence-corrected chi connectivity index (χ0v) is 18.4. The molecule has 1 N–H and O–H groups in total. The van der Waals surface area contributed by atoms with Crippen LogP contribution >= 0.6 is 11.3 Å². The number of fused-ring (bicyclic) bond motifs is 2. The number of hydrogen-bond donors (Lipinski definition) is 1. The third kappa shape index (κ3) is 4.16. The Morgan fingerprint density at radius 3 is 2.71 bits per heavy atom. The fourth-order valence-electron chi connectivity index (χ4n) is 3.82. The van der Waals surface area contributed by atoms with Crippen LogP contribution in [0.4, 0.5) is 5.00 Å². The fourth-order valence-corrected chi connectivity index (χ4v) is 5.12. The molecule has 3 aromatic rings. The number of methoxy groups -OCH3 is 1. The second-order valence-corrected chi connectivity index (χ2v) is 8.61. The molecule has 0 aliphatic heterocycles. The van der Waals surface area contributed by atoms with E-state index >= 15 is 0 Å². The van der Waals surface area contributed by atoms with Crippen molar-refractivity contribution in [2.45, 2.75) is 33.1 Å². The molecule has 1 aromatic carbocycles. The molecule has 4 rings (SSSR count). The van der Waals surface area contributed by atoms with Crippen LogP contribution in [0, 0.1) is 13.8 Å². The van der Waals surface area contributed by atoms with Crippen LogP contribution in [0.15, 0.2) is 24.3 Å². The molecule has 1 aliphatic carbocycles. The number of pyridine rings is 1. The number of nitrogens with zero attached hydrogens (tertiary/aromatic N) is 1. The maximum absolute atomic E-state index is 12.7. The van der Waals surface area contributed by atoms with Gasteiger partial charge in [-0.25, -0.2) is 9.59 Å². The van der Waals surface area contributed by atoms with E-state index in [2.05, 4.69) is 10.3 Å². The molecule has 0 saturated carbocycles. The molecule has 0 fully saturated rings. The summed E-state index contributed by atoms with van der Waals surface area (Å²) >= 11 is 1.38. The van der Waals surface area contributed by atoms with Crippen molar-refractivity contribution in [1.82, 2.24) is 4.98 Å². The van der Waals surface area contributed by atoms with Crippen LogP contribution in [0.25, 0.3) is 10.9 Å². The molecule has 0 saturated heterocycles. The molecule has 2 heterocycles. The second kappa shape index (κ2) is 8.47. The Kier molecular flexibility index (Phi) is 5.73. The minimum absolute atomic E-state index is 0.365. The maximum Gasteiger partial charge on any atom is 0.341 e. The topological polar surface area (TPSA) is 94.6 Å². The number of hydrogen-bond acceptors (Lipinski definition) is 7. The van der Waals surface area contributed by atoms with Crippen LogP contribution in [-0.4, -0.2) is 36.5 Å². The van der Waals surface area contributed by atoms with Crippen molar-refractivity contribution in [3.05, 3.63) is 57.1 Å². The van der Waals surface area contributed by atoms with Gasteiger partial charge in [-0.1, -0.05) is 11.6 Å². The molecule has 1 aliphatic rings. The molecule has 31 heavy (non-hydrogen) atoms. The number of carbonyl (C=O) groups is 3. The molecule has 0 atom stereocenters. The number of aromatic nitrogens is 1. The lowest BCUT2D eigenvalue weighted by atomic mass is 10.1. The van der Waals surface area contributed by atoms with E-state index in [0.29, 0.717) is 32.7 Å². The molecule has 0 unspecified atom stereocenters. The third-order valence-electron chi connectivity index (χ3n) is 5.21. The van der Waals surface area contributed by atoms with E-state index in [1.54, 1.807) is 13.0 Å². The van der Waals surface area contributed by atoms with Crippen LogP contribution < -0.4 is 5.32 Å². The summed E-state index contributed by atoms with van der Waals surface area (Å²) in [5.74, 6) is -1.58. The van der Waals surface area contributed by atoms with E-state index in [1.807, 2.05) is 25.1 Å². The van der Waals surface area contributed by atoms with Gasteiger partial charge in [-0.15, -0.1) is 11.3 Å². The largest absolute Gasteiger partial charge is 0.465 e. The maximum atomic E-state index is 12.7. The van der Waals surface area contributed by atoms with E-state index in [4.69, 9.17) is 9.47 Å². The number of nitrogens with one attached hydrogen (secondary N) is 1. The van der Waals surface area contributed by atoms with Gasteiger partial charge < -0.3 is 14.8 Å². The smallest absolute Gasteiger partial charge is 0.341 e. The molecule has 8 heteroatoms. The van der Waals surface area contributed by atoms with Gasteiger partial charge in [0, 0.05) is 16.0 Å². The highest BCUT2D eigenvalue weighted by Gasteiger charge is 2.28. The predicted molar refractivity (Wildman–Crippen MR) is 118 cm³/mol. The Morgan fingerprint density at radius 2 is 1.94 bits per heavy atom. The highest BCUT2D eigenvalue weighted by Crippen LogP contribution is 2.39. The molecule has 160 valence electrons. The lowest BCUT2D eigenvalue weighted by Gasteiger charge is -2.10. The molecule has 1 amide bonds. The van der Waals surface area contributed by atoms with Crippen LogP contribution in [0.1, 0.15) is 48.8 Å². The van der Waals surface area contributed by atoms with Crippen molar-refractivity contribution < 1.29 is 23.9 Å². The van der Waals surface area contributed by atoms with Gasteiger partial charge >= 0.3 is 11.9 Å². The first-order valence-electron chi connectivity index (χ1n) is 9.95. The van der Waals surface area contributed by atoms with Crippen molar-refractivity contribution in [3.8, 4) is 0 Å². The van der Waals surface area contributed by atoms with E-state index in [9.17, 15) is 14.4 Å². The Hall–Kier alpha value is -3.26. The predicted octanol–water partition coefficient (Wildman–Crippen LogP) is 3.98. The van der Waals surface area contributed by atoms with Gasteiger partial charge in [0.2, 0.25) is 0 Å². The molecule has 0 spiro atoms. The number of amides is 1. The van der Waals surface area contributed by atoms with Crippen molar-refractivity contribution in [2.75, 3.05) is 19.0 Å². The highest BCUT2D eigenvalue weighted by molar-refractivity contribution is 7.17. The summed E-state index contributed by atoms with van der Waals surface area (Å²) in [6.07, 6.45) is 2.65. The first kappa shape index (κ1) is 21.0. The van der Waals surface area contributed by atoms with Gasteiger partial charge in [-0.05, 0) is 56.9 Å². The number of ether oxygens (including phenoxy) is 2. The average molecular weight is 439 g/mol. The monoisotopic (exact) mass is 438 g/mol. The fraction of sp³-hybridized carbons (Fsp3) is 0.304. The van der Waals surface area contributed by atoms with E-state index in [1.165, 1.54) is 18.4 Å². The van der Waals surface area contributed by atoms with Gasteiger partial charge in [-0.3, -0.25) is 9.78 Å². The summed E-state index contributed by atoms with van der Waals surface area (Å²) in [5, 5.41) is 3.83. The number of rotatable bonds is 5. The number of thiophene rings is 1. The minimum Gasteiger partial charge on any atom is -0.465 e. The lowest BCUT2D eigenvalue weighted by molar-refractivity contribution is -0.119. The number of esters is 2. The summed E-state index contributed by atoms with van der Waals surface area (Å²) in [5.41, 5.74) is 4.08. The van der Waals surface area contributed by atoms with E-state index in [0.717, 1.165) is 35.3 Å². The average Bonchev–Trinajstić information content (AvgIpc) is 3.32. The molecule has 0 bridgehead atoms. The molecule has 2 aromatic heterocycles. The third-order valence-corrected chi connectivity index (χ3v) is 6.42. The standard InChI is InChI=1S/C23H22N2O5S/c1-12-7-8-17-15(9-12)16(10-13(2)24-17)22(27)30-11-19(26)25-21-20(23(28)29-3)14-5-4-6-18(14)31-21/h7-10H,4-6,11H2,1-3H3,(H,25,26). The lowest BCUT2D eigenvalue weighted by Crippen LogP contribution is -2.22. The van der Waals surface area contributed by atoms with Gasteiger partial charge in [0.15, 0.2) is 6.61 Å². The van der Waals surface area contributed by atoms with Crippen molar-refractivity contribution >= 4 is 45.1 Å². The van der Waals surface area contributed by atoms with E-state index < -0.39 is 24.5 Å². The Bertz CT molecular complexity index is 1210. The van der Waals surface area contributed by atoms with Gasteiger partial charge in [0.25, 0.3) is 5.91 Å². The molecular weight excluding hydrogens is 416 g/mol. The van der Waals surface area contributed by atoms with Gasteiger partial charge in [0.05, 0.1) is 23.8 Å². The number of aryl methyl sites for hydroxylation is 3. The highest BCUT2D eigenvalue weighted by atomic mass is 32.1. The number of anilines is 1. The Balaban J connectivity index is 1.49. The SMILES string of the molecule is COC(=O)c1c(NC(=O)COC(=O)c2cc(C)nc3ccc(C)cc23)sc2c1CCC2. The Labute approximate surface area is 183 Å². The summed E-state index contributed by atoms with van der Waals surface area (Å²) in [7, 11) is 1.32. The van der Waals surface area contributed by atoms with Crippen molar-refractivity contribution in [2.24, 2.45) is 0 Å². The number of benzene rings is 1. The zero-order valence-electron chi connectivity index (χ0n) is 17.5. The van der Waals surface area contributed by atoms with Crippen LogP contribution in [0.3, 0.4) is 0 Å². The van der Waals surface area contributed by atoms with E-state index in [-0.39, 0.29) is 0 Å². The summed E-state index contributed by atoms with van der Waals surface area (Å²) in [4.78, 5) is 42.9. The second-order valence-electron chi connectivity index (χ2n) is 7.51. The minimum atomic E-state index is -0.599. The van der Waals surface area contributed by atoms with Crippen LogP contribution in [-0.2, 0) is 27.1 Å². The quantitative estimate of drug-likeness (QED) is 0.606. The summed E-state index contributed by atoms with van der Waals surface area (Å²) in [6, 6.07) is 7.30. The normalized spacial score (nSPS) is 12.5. The van der Waals surface area contributed by atoms with Crippen molar-refractivity contribution in [1.29, 1.82) is 0 Å². The number of carbonyl (C=O) groups excluding carboxylic acids is 3. The summed E-state index contributed by atoms with van der Waals surface area (Å²) in [6.45, 7) is 3.27. The van der Waals surface area contributed by atoms with Gasteiger partial charge in [0.1, 0.15) is 5.00 Å². The molecule has 0 radical (unpaired) electrons. The van der Waals surface area contributed by atoms with Crippen LogP contribution in [0.2, 0.25) is 0 Å². The first-order valence-corrected chi connectivity index (χ1v) is 10.8. The summed E-state index contributed by atoms with van der Waals surface area (Å²) < 4.78 is 10.2. The molecule has 7 nitrogen and oxygen atoms in total. The first-order chi connectivity index (χ1) is 14.9. The zero-order chi connectivity index (χ0) is 22.1. The Morgan fingerprint density at radius 1 is 1.13 bits per heavy atom. The van der Waals surface area contributed by atoms with Crippen molar-refractivity contribution in [3.63, 3.8) is 0 Å². The molecular formula is C23H22N2O5S. The van der Waals surface area contributed by atoms with Gasteiger partial charge in [-0.2, -0.15) is 0 Å².